The number of hydrogen-bond acceptors (Lipinski definition) is 3. The zero-order chi connectivity index (χ0) is 18.1. The molecule has 0 radical (unpaired) electrons. The van der Waals surface area contributed by atoms with E-state index in [1.54, 1.807) is 0 Å². The number of nitrogens with one attached hydrogen (secondary N) is 3. The van der Waals surface area contributed by atoms with Crippen LogP contribution in [0.15, 0.2) is 24.3 Å². The molecule has 1 aliphatic rings. The average molecular weight is 350 g/mol. The predicted octanol–water partition coefficient (Wildman–Crippen LogP) is 3.08. The summed E-state index contributed by atoms with van der Waals surface area (Å²) in [5.41, 5.74) is 4.93. The second-order valence-electron chi connectivity index (χ2n) is 6.82. The molecule has 0 bridgehead atoms. The third kappa shape index (κ3) is 3.03. The van der Waals surface area contributed by atoms with E-state index in [1.807, 2.05) is 31.2 Å². The van der Waals surface area contributed by atoms with Crippen molar-refractivity contribution in [3.05, 3.63) is 52.6 Å². The molecule has 1 amide bonds. The van der Waals surface area contributed by atoms with Crippen LogP contribution in [0, 0.1) is 6.92 Å². The SMILES string of the molecule is Cc1c(C(=O)NCCCc2nc3ccccc3[nH]2)[nH]c2c1C(=O)CCC2. The van der Waals surface area contributed by atoms with Crippen LogP contribution in [0.1, 0.15) is 57.2 Å². The van der Waals surface area contributed by atoms with Crippen molar-refractivity contribution in [3.8, 4) is 0 Å². The van der Waals surface area contributed by atoms with Crippen molar-refractivity contribution >= 4 is 22.7 Å². The van der Waals surface area contributed by atoms with Gasteiger partial charge in [-0.3, -0.25) is 9.59 Å². The van der Waals surface area contributed by atoms with Crippen molar-refractivity contribution in [3.63, 3.8) is 0 Å². The summed E-state index contributed by atoms with van der Waals surface area (Å²) in [5, 5.41) is 2.94. The summed E-state index contributed by atoms with van der Waals surface area (Å²) in [6.45, 7) is 2.41. The molecule has 4 rings (SSSR count). The molecular weight excluding hydrogens is 328 g/mol. The Bertz CT molecular complexity index is 950. The van der Waals surface area contributed by atoms with E-state index in [-0.39, 0.29) is 11.7 Å². The lowest BCUT2D eigenvalue weighted by molar-refractivity contribution is 0.0947. The molecule has 0 saturated carbocycles. The minimum Gasteiger partial charge on any atom is -0.354 e. The van der Waals surface area contributed by atoms with Crippen molar-refractivity contribution in [2.45, 2.75) is 39.0 Å². The number of H-pyrrole nitrogens is 2. The molecule has 1 aromatic carbocycles. The summed E-state index contributed by atoms with van der Waals surface area (Å²) in [6, 6.07) is 7.93. The first-order valence-corrected chi connectivity index (χ1v) is 9.10. The van der Waals surface area contributed by atoms with E-state index < -0.39 is 0 Å². The number of imidazole rings is 1. The summed E-state index contributed by atoms with van der Waals surface area (Å²) in [4.78, 5) is 35.5. The number of benzene rings is 1. The van der Waals surface area contributed by atoms with Crippen LogP contribution in [0.5, 0.6) is 0 Å². The maximum Gasteiger partial charge on any atom is 0.268 e. The number of fused-ring (bicyclic) bond motifs is 2. The number of carbonyl (C=O) groups excluding carboxylic acids is 2. The van der Waals surface area contributed by atoms with Crippen molar-refractivity contribution in [2.24, 2.45) is 0 Å². The molecule has 0 fully saturated rings. The van der Waals surface area contributed by atoms with Crippen LogP contribution in [-0.2, 0) is 12.8 Å². The van der Waals surface area contributed by atoms with Gasteiger partial charge in [0.2, 0.25) is 0 Å². The van der Waals surface area contributed by atoms with Crippen molar-refractivity contribution in [2.75, 3.05) is 6.54 Å². The number of amides is 1. The minimum atomic E-state index is -0.144. The van der Waals surface area contributed by atoms with E-state index in [0.717, 1.165) is 59.4 Å². The number of para-hydroxylation sites is 2. The van der Waals surface area contributed by atoms with Gasteiger partial charge in [-0.2, -0.15) is 0 Å². The van der Waals surface area contributed by atoms with Gasteiger partial charge < -0.3 is 15.3 Å². The highest BCUT2D eigenvalue weighted by Gasteiger charge is 2.26. The first-order chi connectivity index (χ1) is 12.6. The van der Waals surface area contributed by atoms with Gasteiger partial charge in [0.05, 0.1) is 11.0 Å². The minimum absolute atomic E-state index is 0.143. The second kappa shape index (κ2) is 6.78. The summed E-state index contributed by atoms with van der Waals surface area (Å²) < 4.78 is 0. The number of aryl methyl sites for hydroxylation is 2. The van der Waals surface area contributed by atoms with Crippen molar-refractivity contribution < 1.29 is 9.59 Å². The number of rotatable bonds is 5. The fourth-order valence-electron chi connectivity index (χ4n) is 3.67. The van der Waals surface area contributed by atoms with Crippen LogP contribution in [0.3, 0.4) is 0 Å². The lowest BCUT2D eigenvalue weighted by Crippen LogP contribution is -2.26. The van der Waals surface area contributed by atoms with Gasteiger partial charge in [0.15, 0.2) is 5.78 Å². The van der Waals surface area contributed by atoms with Gasteiger partial charge in [-0.15, -0.1) is 0 Å². The maximum atomic E-state index is 12.5. The van der Waals surface area contributed by atoms with E-state index in [0.29, 0.717) is 18.7 Å². The number of ketones is 1. The molecule has 0 unspecified atom stereocenters. The molecule has 0 atom stereocenters. The quantitative estimate of drug-likeness (QED) is 0.618. The number of nitrogens with zero attached hydrogens (tertiary/aromatic N) is 1. The Labute approximate surface area is 151 Å². The zero-order valence-electron chi connectivity index (χ0n) is 14.8. The number of aromatic amines is 2. The van der Waals surface area contributed by atoms with Crippen LogP contribution in [0.4, 0.5) is 0 Å². The highest BCUT2D eigenvalue weighted by molar-refractivity contribution is 6.04. The third-order valence-electron chi connectivity index (χ3n) is 4.98. The molecule has 2 heterocycles. The largest absolute Gasteiger partial charge is 0.354 e. The molecule has 2 aromatic heterocycles. The van der Waals surface area contributed by atoms with Crippen LogP contribution < -0.4 is 5.32 Å². The highest BCUT2D eigenvalue weighted by Crippen LogP contribution is 2.26. The van der Waals surface area contributed by atoms with E-state index in [2.05, 4.69) is 20.3 Å². The molecule has 0 saturated heterocycles. The molecule has 6 heteroatoms. The van der Waals surface area contributed by atoms with Crippen LogP contribution in [0.2, 0.25) is 0 Å². The smallest absolute Gasteiger partial charge is 0.268 e. The maximum absolute atomic E-state index is 12.5. The summed E-state index contributed by atoms with van der Waals surface area (Å²) >= 11 is 0. The van der Waals surface area contributed by atoms with E-state index in [4.69, 9.17) is 0 Å². The third-order valence-corrected chi connectivity index (χ3v) is 4.98. The van der Waals surface area contributed by atoms with Crippen molar-refractivity contribution in [1.82, 2.24) is 20.3 Å². The van der Waals surface area contributed by atoms with Crippen molar-refractivity contribution in [1.29, 1.82) is 0 Å². The molecule has 1 aliphatic carbocycles. The van der Waals surface area contributed by atoms with Gasteiger partial charge in [-0.05, 0) is 43.9 Å². The first kappa shape index (κ1) is 16.6. The fraction of sp³-hybridized carbons (Fsp3) is 0.350. The predicted molar refractivity (Wildman–Crippen MR) is 99.5 cm³/mol. The molecule has 0 spiro atoms. The molecule has 3 N–H and O–H groups in total. The van der Waals surface area contributed by atoms with Crippen LogP contribution in [-0.4, -0.2) is 33.2 Å². The normalized spacial score (nSPS) is 13.8. The van der Waals surface area contributed by atoms with Gasteiger partial charge in [-0.25, -0.2) is 4.98 Å². The molecule has 6 nitrogen and oxygen atoms in total. The number of hydrogen-bond donors (Lipinski definition) is 3. The summed E-state index contributed by atoms with van der Waals surface area (Å²) in [5.74, 6) is 0.927. The van der Waals surface area contributed by atoms with E-state index in [9.17, 15) is 9.59 Å². The Morgan fingerprint density at radius 3 is 2.88 bits per heavy atom. The Balaban J connectivity index is 1.35. The second-order valence-corrected chi connectivity index (χ2v) is 6.82. The monoisotopic (exact) mass is 350 g/mol. The van der Waals surface area contributed by atoms with E-state index >= 15 is 0 Å². The number of aromatic nitrogens is 3. The Morgan fingerprint density at radius 1 is 1.23 bits per heavy atom. The molecule has 0 aliphatic heterocycles. The van der Waals surface area contributed by atoms with E-state index in [1.165, 1.54) is 0 Å². The van der Waals surface area contributed by atoms with Gasteiger partial charge in [0.25, 0.3) is 5.91 Å². The Morgan fingerprint density at radius 2 is 2.08 bits per heavy atom. The fourth-order valence-corrected chi connectivity index (χ4v) is 3.67. The van der Waals surface area contributed by atoms with Crippen LogP contribution in [0.25, 0.3) is 11.0 Å². The van der Waals surface area contributed by atoms with Gasteiger partial charge in [0, 0.05) is 30.6 Å². The summed E-state index contributed by atoms with van der Waals surface area (Å²) in [7, 11) is 0. The Hall–Kier alpha value is -2.89. The first-order valence-electron chi connectivity index (χ1n) is 9.10. The lowest BCUT2D eigenvalue weighted by atomic mass is 9.94. The van der Waals surface area contributed by atoms with Gasteiger partial charge >= 0.3 is 0 Å². The van der Waals surface area contributed by atoms with Gasteiger partial charge in [0.1, 0.15) is 11.5 Å². The summed E-state index contributed by atoms with van der Waals surface area (Å²) in [6.07, 6.45) is 3.83. The molecule has 134 valence electrons. The topological polar surface area (TPSA) is 90.6 Å². The van der Waals surface area contributed by atoms with Gasteiger partial charge in [-0.1, -0.05) is 12.1 Å². The molecule has 3 aromatic rings. The number of Topliss-reactive ketones (excluding diaryl/α,β-unsaturated/α-hetero) is 1. The number of carbonyl (C=O) groups is 2. The molecule has 26 heavy (non-hydrogen) atoms. The average Bonchev–Trinajstić information content (AvgIpc) is 3.20. The highest BCUT2D eigenvalue weighted by atomic mass is 16.2. The van der Waals surface area contributed by atoms with Crippen LogP contribution >= 0.6 is 0 Å². The Kier molecular flexibility index (Phi) is 4.32. The zero-order valence-corrected chi connectivity index (χ0v) is 14.8. The lowest BCUT2D eigenvalue weighted by Gasteiger charge is -2.09. The standard InChI is InChI=1S/C20H22N4O2/c1-12-18-15(8-4-9-16(18)25)24-19(12)20(26)21-11-5-10-17-22-13-6-2-3-7-14(13)23-17/h2-3,6-7,24H,4-5,8-11H2,1H3,(H,21,26)(H,22,23). The molecular formula is C20H22N4O2.